The predicted molar refractivity (Wildman–Crippen MR) is 66.6 cm³/mol. The first kappa shape index (κ1) is 13.3. The largest absolute Gasteiger partial charge is 0.480 e. The highest BCUT2D eigenvalue weighted by Gasteiger charge is 2.30. The van der Waals surface area contributed by atoms with Crippen LogP contribution in [0.4, 0.5) is 0 Å². The minimum Gasteiger partial charge on any atom is -0.480 e. The summed E-state index contributed by atoms with van der Waals surface area (Å²) in [5, 5.41) is 12.9. The maximum atomic E-state index is 12.0. The number of amides is 2. The van der Waals surface area contributed by atoms with Gasteiger partial charge in [-0.05, 0) is 18.4 Å². The Morgan fingerprint density at radius 1 is 1.47 bits per heavy atom. The molecule has 0 aromatic carbocycles. The molecule has 2 rings (SSSR count). The Hall–Kier alpha value is -2.18. The number of nitrogens with zero attached hydrogens (tertiary/aromatic N) is 2. The first-order valence-corrected chi connectivity index (χ1v) is 6.08. The van der Waals surface area contributed by atoms with Crippen LogP contribution in [0.1, 0.15) is 23.8 Å². The lowest BCUT2D eigenvalue weighted by atomic mass is 9.94. The maximum absolute atomic E-state index is 12.0. The summed E-state index contributed by atoms with van der Waals surface area (Å²) in [7, 11) is 1.47. The topological polar surface area (TPSA) is 93.2 Å². The Balaban J connectivity index is 2.05. The van der Waals surface area contributed by atoms with Gasteiger partial charge in [0.25, 0.3) is 5.91 Å². The number of hydrogen-bond acceptors (Lipinski definition) is 5. The number of carbonyl (C=O) groups excluding carboxylic acids is 2. The van der Waals surface area contributed by atoms with Gasteiger partial charge in [0, 0.05) is 12.6 Å². The average Bonchev–Trinajstić information content (AvgIpc) is 2.43. The minimum atomic E-state index is -0.523. The van der Waals surface area contributed by atoms with Gasteiger partial charge in [0.2, 0.25) is 11.8 Å². The lowest BCUT2D eigenvalue weighted by Crippen LogP contribution is -2.54. The molecule has 0 radical (unpaired) electrons. The van der Waals surface area contributed by atoms with Gasteiger partial charge in [0.1, 0.15) is 6.04 Å². The van der Waals surface area contributed by atoms with E-state index in [4.69, 9.17) is 4.74 Å². The molecule has 0 spiro atoms. The fraction of sp³-hybridized carbons (Fsp3) is 0.500. The predicted octanol–water partition coefficient (Wildman–Crippen LogP) is -0.260. The molecular formula is C12H16N4O3. The van der Waals surface area contributed by atoms with Crippen molar-refractivity contribution >= 4 is 11.8 Å². The molecule has 7 nitrogen and oxygen atoms in total. The molecule has 1 aliphatic heterocycles. The van der Waals surface area contributed by atoms with E-state index in [0.29, 0.717) is 12.4 Å². The Morgan fingerprint density at radius 2 is 2.26 bits per heavy atom. The summed E-state index contributed by atoms with van der Waals surface area (Å²) in [5.41, 5.74) is 0.159. The lowest BCUT2D eigenvalue weighted by molar-refractivity contribution is -0.125. The molecule has 7 heteroatoms. The third-order valence-corrected chi connectivity index (χ3v) is 3.12. The molecule has 2 amide bonds. The minimum absolute atomic E-state index is 0.101. The van der Waals surface area contributed by atoms with Crippen molar-refractivity contribution in [3.63, 3.8) is 0 Å². The van der Waals surface area contributed by atoms with Gasteiger partial charge in [0.15, 0.2) is 5.69 Å². The summed E-state index contributed by atoms with van der Waals surface area (Å²) < 4.78 is 4.86. The van der Waals surface area contributed by atoms with Gasteiger partial charge < -0.3 is 15.4 Å². The highest BCUT2D eigenvalue weighted by atomic mass is 16.5. The molecular weight excluding hydrogens is 248 g/mol. The van der Waals surface area contributed by atoms with E-state index in [2.05, 4.69) is 20.8 Å². The quantitative estimate of drug-likeness (QED) is 0.784. The fourth-order valence-electron chi connectivity index (χ4n) is 1.93. The molecule has 2 unspecified atom stereocenters. The molecule has 2 heterocycles. The first-order chi connectivity index (χ1) is 9.11. The third kappa shape index (κ3) is 2.98. The summed E-state index contributed by atoms with van der Waals surface area (Å²) >= 11 is 0. The van der Waals surface area contributed by atoms with Crippen LogP contribution >= 0.6 is 0 Å². The third-order valence-electron chi connectivity index (χ3n) is 3.12. The summed E-state index contributed by atoms with van der Waals surface area (Å²) in [6.07, 6.45) is 0.838. The van der Waals surface area contributed by atoms with E-state index in [1.807, 2.05) is 6.92 Å². The van der Waals surface area contributed by atoms with Gasteiger partial charge in [-0.1, -0.05) is 6.92 Å². The van der Waals surface area contributed by atoms with E-state index >= 15 is 0 Å². The van der Waals surface area contributed by atoms with Crippen LogP contribution in [0, 0.1) is 5.92 Å². The van der Waals surface area contributed by atoms with Crippen LogP contribution in [0.3, 0.4) is 0 Å². The molecule has 0 bridgehead atoms. The normalized spacial score (nSPS) is 22.5. The van der Waals surface area contributed by atoms with Gasteiger partial charge in [-0.25, -0.2) is 0 Å². The fourth-order valence-corrected chi connectivity index (χ4v) is 1.93. The smallest absolute Gasteiger partial charge is 0.272 e. The number of nitrogens with one attached hydrogen (secondary N) is 2. The van der Waals surface area contributed by atoms with Crippen molar-refractivity contribution < 1.29 is 14.3 Å². The summed E-state index contributed by atoms with van der Waals surface area (Å²) in [5.74, 6) is -0.137. The second-order valence-electron chi connectivity index (χ2n) is 4.47. The number of hydrogen-bond donors (Lipinski definition) is 2. The van der Waals surface area contributed by atoms with Crippen molar-refractivity contribution in [3.8, 4) is 5.88 Å². The number of ether oxygens (including phenoxy) is 1. The van der Waals surface area contributed by atoms with Gasteiger partial charge in [-0.3, -0.25) is 9.59 Å². The number of aromatic nitrogens is 2. The van der Waals surface area contributed by atoms with Crippen LogP contribution in [0.2, 0.25) is 0 Å². The molecule has 2 N–H and O–H groups in total. The number of piperidine rings is 1. The molecule has 1 aliphatic rings. The zero-order valence-corrected chi connectivity index (χ0v) is 10.8. The summed E-state index contributed by atoms with van der Waals surface area (Å²) in [6, 6.07) is 2.53. The Labute approximate surface area is 110 Å². The number of carbonyl (C=O) groups is 2. The van der Waals surface area contributed by atoms with E-state index in [1.54, 1.807) is 6.07 Å². The highest BCUT2D eigenvalue weighted by molar-refractivity contribution is 5.96. The Morgan fingerprint density at radius 3 is 2.84 bits per heavy atom. The second kappa shape index (κ2) is 5.64. The highest BCUT2D eigenvalue weighted by Crippen LogP contribution is 2.13. The summed E-state index contributed by atoms with van der Waals surface area (Å²) in [4.78, 5) is 23.7. The van der Waals surface area contributed by atoms with Gasteiger partial charge >= 0.3 is 0 Å². The summed E-state index contributed by atoms with van der Waals surface area (Å²) in [6.45, 7) is 2.58. The van der Waals surface area contributed by atoms with Crippen LogP contribution in [-0.2, 0) is 4.79 Å². The van der Waals surface area contributed by atoms with Crippen LogP contribution < -0.4 is 15.4 Å². The van der Waals surface area contributed by atoms with E-state index < -0.39 is 11.9 Å². The molecule has 2 atom stereocenters. The van der Waals surface area contributed by atoms with Crippen molar-refractivity contribution in [2.45, 2.75) is 19.4 Å². The second-order valence-corrected chi connectivity index (χ2v) is 4.47. The van der Waals surface area contributed by atoms with E-state index in [9.17, 15) is 9.59 Å². The molecule has 0 aliphatic carbocycles. The van der Waals surface area contributed by atoms with Gasteiger partial charge in [-0.15, -0.1) is 10.2 Å². The van der Waals surface area contributed by atoms with Crippen LogP contribution in [0.15, 0.2) is 12.1 Å². The molecule has 1 fully saturated rings. The molecule has 102 valence electrons. The first-order valence-electron chi connectivity index (χ1n) is 6.08. The number of rotatable bonds is 3. The molecule has 19 heavy (non-hydrogen) atoms. The Kier molecular flexibility index (Phi) is 3.94. The van der Waals surface area contributed by atoms with E-state index in [-0.39, 0.29) is 17.5 Å². The SMILES string of the molecule is COc1ccc(C(=O)NC2C(=O)NCCC2C)nn1. The van der Waals surface area contributed by atoms with E-state index in [1.165, 1.54) is 13.2 Å². The van der Waals surface area contributed by atoms with Crippen LogP contribution in [0.25, 0.3) is 0 Å². The molecule has 0 saturated carbocycles. The standard InChI is InChI=1S/C12H16N4O3/c1-7-5-6-13-12(18)10(7)14-11(17)8-3-4-9(19-2)16-15-8/h3-4,7,10H,5-6H2,1-2H3,(H,13,18)(H,14,17). The molecule has 1 aromatic rings. The van der Waals surface area contributed by atoms with Crippen LogP contribution in [0.5, 0.6) is 5.88 Å². The van der Waals surface area contributed by atoms with Crippen molar-refractivity contribution in [2.75, 3.05) is 13.7 Å². The lowest BCUT2D eigenvalue weighted by Gasteiger charge is -2.28. The number of methoxy groups -OCH3 is 1. The molecule has 1 aromatic heterocycles. The van der Waals surface area contributed by atoms with Gasteiger partial charge in [-0.2, -0.15) is 0 Å². The Bertz CT molecular complexity index is 474. The van der Waals surface area contributed by atoms with Crippen molar-refractivity contribution in [3.05, 3.63) is 17.8 Å². The average molecular weight is 264 g/mol. The zero-order chi connectivity index (χ0) is 13.8. The van der Waals surface area contributed by atoms with E-state index in [0.717, 1.165) is 6.42 Å². The van der Waals surface area contributed by atoms with Crippen molar-refractivity contribution in [2.24, 2.45) is 5.92 Å². The molecule has 1 saturated heterocycles. The van der Waals surface area contributed by atoms with Gasteiger partial charge in [0.05, 0.1) is 7.11 Å². The van der Waals surface area contributed by atoms with Crippen molar-refractivity contribution in [1.82, 2.24) is 20.8 Å². The van der Waals surface area contributed by atoms with Crippen molar-refractivity contribution in [1.29, 1.82) is 0 Å². The van der Waals surface area contributed by atoms with Crippen LogP contribution in [-0.4, -0.2) is 41.7 Å². The monoisotopic (exact) mass is 264 g/mol. The zero-order valence-electron chi connectivity index (χ0n) is 10.8. The maximum Gasteiger partial charge on any atom is 0.272 e.